The van der Waals surface area contributed by atoms with E-state index >= 15 is 0 Å². The molecule has 0 aliphatic rings. The standard InChI is InChI=1S/C12H11N2/c13-14(11-7-3-1-4-8-11)12-9-5-2-6-10-12/h1-10,13H/q-1. The van der Waals surface area contributed by atoms with E-state index < -0.39 is 0 Å². The van der Waals surface area contributed by atoms with Crippen molar-refractivity contribution in [1.29, 1.82) is 0 Å². The van der Waals surface area contributed by atoms with Crippen molar-refractivity contribution in [2.45, 2.75) is 0 Å². The van der Waals surface area contributed by atoms with Crippen molar-refractivity contribution < 1.29 is 0 Å². The Hall–Kier alpha value is -1.80. The maximum absolute atomic E-state index is 7.89. The quantitative estimate of drug-likeness (QED) is 0.650. The molecule has 0 aromatic heterocycles. The van der Waals surface area contributed by atoms with Crippen LogP contribution < -0.4 is 5.01 Å². The van der Waals surface area contributed by atoms with Gasteiger partial charge in [-0.3, -0.25) is 0 Å². The molecule has 2 aromatic rings. The summed E-state index contributed by atoms with van der Waals surface area (Å²) < 4.78 is 0. The van der Waals surface area contributed by atoms with Gasteiger partial charge in [0.15, 0.2) is 0 Å². The molecule has 2 nitrogen and oxygen atoms in total. The van der Waals surface area contributed by atoms with Crippen molar-refractivity contribution in [3.8, 4) is 0 Å². The van der Waals surface area contributed by atoms with Gasteiger partial charge < -0.3 is 10.9 Å². The summed E-state index contributed by atoms with van der Waals surface area (Å²) in [4.78, 5) is 0. The van der Waals surface area contributed by atoms with E-state index in [0.717, 1.165) is 11.4 Å². The van der Waals surface area contributed by atoms with Gasteiger partial charge in [-0.05, 0) is 24.3 Å². The number of para-hydroxylation sites is 2. The minimum absolute atomic E-state index is 0.874. The van der Waals surface area contributed by atoms with Crippen molar-refractivity contribution >= 4 is 11.4 Å². The Labute approximate surface area is 83.6 Å². The molecule has 2 aromatic carbocycles. The van der Waals surface area contributed by atoms with E-state index in [9.17, 15) is 0 Å². The average Bonchev–Trinajstić information content (AvgIpc) is 2.30. The summed E-state index contributed by atoms with van der Waals surface area (Å²) in [7, 11) is 0. The Kier molecular flexibility index (Phi) is 2.47. The molecule has 0 amide bonds. The average molecular weight is 183 g/mol. The van der Waals surface area contributed by atoms with Crippen molar-refractivity contribution in [2.24, 2.45) is 0 Å². The number of anilines is 2. The Morgan fingerprint density at radius 3 is 1.36 bits per heavy atom. The predicted octanol–water partition coefficient (Wildman–Crippen LogP) is 3.79. The highest BCUT2D eigenvalue weighted by Gasteiger charge is 1.94. The van der Waals surface area contributed by atoms with Crippen LogP contribution in [-0.2, 0) is 0 Å². The van der Waals surface area contributed by atoms with Crippen LogP contribution in [0.3, 0.4) is 0 Å². The molecule has 14 heavy (non-hydrogen) atoms. The van der Waals surface area contributed by atoms with E-state index in [1.165, 1.54) is 5.01 Å². The second-order valence-electron chi connectivity index (χ2n) is 3.01. The summed E-state index contributed by atoms with van der Waals surface area (Å²) in [6.07, 6.45) is 0. The van der Waals surface area contributed by atoms with Gasteiger partial charge in [0.05, 0.1) is 0 Å². The van der Waals surface area contributed by atoms with E-state index in [-0.39, 0.29) is 0 Å². The number of benzene rings is 2. The van der Waals surface area contributed by atoms with Crippen LogP contribution >= 0.6 is 0 Å². The van der Waals surface area contributed by atoms with Gasteiger partial charge in [0, 0.05) is 11.4 Å². The van der Waals surface area contributed by atoms with Gasteiger partial charge in [-0.2, -0.15) is 0 Å². The molecule has 0 atom stereocenters. The van der Waals surface area contributed by atoms with Crippen molar-refractivity contribution in [1.82, 2.24) is 0 Å². The molecule has 70 valence electrons. The summed E-state index contributed by atoms with van der Waals surface area (Å²) in [6.45, 7) is 0. The first-order valence-corrected chi connectivity index (χ1v) is 4.49. The molecule has 0 saturated heterocycles. The van der Waals surface area contributed by atoms with Gasteiger partial charge in [-0.25, -0.2) is 0 Å². The van der Waals surface area contributed by atoms with E-state index in [1.54, 1.807) is 0 Å². The van der Waals surface area contributed by atoms with Gasteiger partial charge in [0.2, 0.25) is 0 Å². The summed E-state index contributed by atoms with van der Waals surface area (Å²) in [5.41, 5.74) is 1.75. The molecule has 0 saturated carbocycles. The van der Waals surface area contributed by atoms with Crippen LogP contribution in [0.25, 0.3) is 5.84 Å². The maximum Gasteiger partial charge on any atom is 0.0237 e. The fourth-order valence-corrected chi connectivity index (χ4v) is 1.30. The van der Waals surface area contributed by atoms with E-state index in [2.05, 4.69) is 0 Å². The highest BCUT2D eigenvalue weighted by Crippen LogP contribution is 2.23. The topological polar surface area (TPSA) is 27.0 Å². The minimum atomic E-state index is 0.874. The lowest BCUT2D eigenvalue weighted by molar-refractivity contribution is 1.30. The molecule has 0 heterocycles. The highest BCUT2D eigenvalue weighted by molar-refractivity contribution is 5.63. The van der Waals surface area contributed by atoms with Crippen LogP contribution in [0.1, 0.15) is 0 Å². The van der Waals surface area contributed by atoms with E-state index in [0.29, 0.717) is 0 Å². The first kappa shape index (κ1) is 8.78. The second-order valence-corrected chi connectivity index (χ2v) is 3.01. The van der Waals surface area contributed by atoms with Crippen LogP contribution in [0, 0.1) is 0 Å². The zero-order valence-electron chi connectivity index (χ0n) is 7.72. The number of nitrogens with zero attached hydrogens (tertiary/aromatic N) is 1. The third kappa shape index (κ3) is 1.75. The molecule has 0 radical (unpaired) electrons. The SMILES string of the molecule is [NH-]N(c1ccccc1)c1ccccc1. The number of nitrogens with one attached hydrogen (secondary N) is 1. The van der Waals surface area contributed by atoms with Gasteiger partial charge >= 0.3 is 0 Å². The smallest absolute Gasteiger partial charge is 0.0237 e. The maximum atomic E-state index is 7.89. The summed E-state index contributed by atoms with van der Waals surface area (Å²) >= 11 is 0. The lowest BCUT2D eigenvalue weighted by Crippen LogP contribution is -2.03. The molecule has 2 heteroatoms. The summed E-state index contributed by atoms with van der Waals surface area (Å²) in [5, 5.41) is 1.42. The third-order valence-corrected chi connectivity index (χ3v) is 2.03. The zero-order chi connectivity index (χ0) is 9.80. The second kappa shape index (κ2) is 3.94. The van der Waals surface area contributed by atoms with Gasteiger partial charge in [-0.15, -0.1) is 0 Å². The minimum Gasteiger partial charge on any atom is -0.578 e. The molecule has 0 fully saturated rings. The van der Waals surface area contributed by atoms with E-state index in [1.807, 2.05) is 60.7 Å². The highest BCUT2D eigenvalue weighted by atomic mass is 15.4. The van der Waals surface area contributed by atoms with Crippen LogP contribution in [0.4, 0.5) is 11.4 Å². The molecule has 2 rings (SSSR count). The molecule has 0 bridgehead atoms. The largest absolute Gasteiger partial charge is 0.578 e. The first-order valence-electron chi connectivity index (χ1n) is 4.49. The number of rotatable bonds is 2. The predicted molar refractivity (Wildman–Crippen MR) is 59.3 cm³/mol. The molecule has 0 spiro atoms. The van der Waals surface area contributed by atoms with E-state index in [4.69, 9.17) is 5.84 Å². The van der Waals surface area contributed by atoms with Crippen LogP contribution in [0.2, 0.25) is 0 Å². The Balaban J connectivity index is 2.30. The third-order valence-electron chi connectivity index (χ3n) is 2.03. The van der Waals surface area contributed by atoms with Crippen molar-refractivity contribution in [3.63, 3.8) is 0 Å². The Morgan fingerprint density at radius 1 is 0.643 bits per heavy atom. The van der Waals surface area contributed by atoms with Crippen molar-refractivity contribution in [3.05, 3.63) is 66.5 Å². The molecular formula is C12H11N2-. The fourth-order valence-electron chi connectivity index (χ4n) is 1.30. The number of hydrogen-bond acceptors (Lipinski definition) is 1. The number of hydrogen-bond donors (Lipinski definition) is 0. The Bertz CT molecular complexity index is 344. The lowest BCUT2D eigenvalue weighted by atomic mass is 10.2. The molecule has 0 unspecified atom stereocenters. The van der Waals surface area contributed by atoms with Crippen LogP contribution in [-0.4, -0.2) is 0 Å². The lowest BCUT2D eigenvalue weighted by Gasteiger charge is -2.29. The fraction of sp³-hybridized carbons (Fsp3) is 0. The normalized spacial score (nSPS) is 9.79. The molecular weight excluding hydrogens is 172 g/mol. The van der Waals surface area contributed by atoms with Gasteiger partial charge in [0.1, 0.15) is 0 Å². The first-order chi connectivity index (χ1) is 6.88. The van der Waals surface area contributed by atoms with Gasteiger partial charge in [0.25, 0.3) is 0 Å². The van der Waals surface area contributed by atoms with Crippen LogP contribution in [0.5, 0.6) is 0 Å². The monoisotopic (exact) mass is 183 g/mol. The van der Waals surface area contributed by atoms with Crippen molar-refractivity contribution in [2.75, 3.05) is 5.01 Å². The molecule has 0 aliphatic carbocycles. The molecule has 0 aliphatic heterocycles. The zero-order valence-corrected chi connectivity index (χ0v) is 7.72. The van der Waals surface area contributed by atoms with Gasteiger partial charge in [-0.1, -0.05) is 36.4 Å². The Morgan fingerprint density at radius 2 is 1.00 bits per heavy atom. The summed E-state index contributed by atoms with van der Waals surface area (Å²) in [5.74, 6) is 7.89. The summed E-state index contributed by atoms with van der Waals surface area (Å²) in [6, 6.07) is 19.3. The van der Waals surface area contributed by atoms with Crippen LogP contribution in [0.15, 0.2) is 60.7 Å². The molecule has 1 N–H and O–H groups in total.